The van der Waals surface area contributed by atoms with Gasteiger partial charge in [0.25, 0.3) is 5.91 Å². The van der Waals surface area contributed by atoms with Crippen LogP contribution >= 0.6 is 23.2 Å². The number of hydrogen-bond acceptors (Lipinski definition) is 4. The van der Waals surface area contributed by atoms with Gasteiger partial charge in [-0.05, 0) is 60.4 Å². The van der Waals surface area contributed by atoms with Gasteiger partial charge in [0.05, 0.1) is 12.3 Å². The van der Waals surface area contributed by atoms with Crippen LogP contribution in [0.1, 0.15) is 66.1 Å². The van der Waals surface area contributed by atoms with Gasteiger partial charge in [-0.25, -0.2) is 4.99 Å². The van der Waals surface area contributed by atoms with Crippen LogP contribution in [0.25, 0.3) is 0 Å². The summed E-state index contributed by atoms with van der Waals surface area (Å²) in [6, 6.07) is 16.9. The molecule has 0 bridgehead atoms. The number of nitrogens with one attached hydrogen (secondary N) is 1. The third-order valence-corrected chi connectivity index (χ3v) is 8.35. The van der Waals surface area contributed by atoms with Gasteiger partial charge in [-0.2, -0.15) is 0 Å². The van der Waals surface area contributed by atoms with Gasteiger partial charge in [0.15, 0.2) is 11.7 Å². The normalized spacial score (nSPS) is 17.4. The first kappa shape index (κ1) is 29.0. The summed E-state index contributed by atoms with van der Waals surface area (Å²) in [4.78, 5) is 33.9. The Hall–Kier alpha value is -3.49. The van der Waals surface area contributed by atoms with Crippen molar-refractivity contribution in [1.82, 2.24) is 9.80 Å². The van der Waals surface area contributed by atoms with Crippen LogP contribution in [0, 0.1) is 0 Å². The summed E-state index contributed by atoms with van der Waals surface area (Å²) >= 11 is 12.6. The first-order valence-corrected chi connectivity index (χ1v) is 14.9. The maximum absolute atomic E-state index is 12.8. The number of nitrogens with zero attached hydrogens (tertiary/aromatic N) is 3. The smallest absolute Gasteiger partial charge is 0.289 e. The highest BCUT2D eigenvalue weighted by Gasteiger charge is 2.27. The monoisotopic (exact) mass is 595 g/mol. The van der Waals surface area contributed by atoms with Crippen molar-refractivity contribution in [3.63, 3.8) is 0 Å². The number of primary amides is 1. The van der Waals surface area contributed by atoms with Crippen molar-refractivity contribution >= 4 is 46.7 Å². The average molecular weight is 597 g/mol. The van der Waals surface area contributed by atoms with Gasteiger partial charge in [-0.15, -0.1) is 0 Å². The van der Waals surface area contributed by atoms with E-state index >= 15 is 0 Å². The molecule has 10 heteroatoms. The number of benzene rings is 2. The summed E-state index contributed by atoms with van der Waals surface area (Å²) in [6.45, 7) is 2.50. The van der Waals surface area contributed by atoms with Crippen LogP contribution in [0.3, 0.4) is 0 Å². The van der Waals surface area contributed by atoms with Crippen molar-refractivity contribution in [3.8, 4) is 0 Å². The fourth-order valence-corrected chi connectivity index (χ4v) is 6.11. The van der Waals surface area contributed by atoms with E-state index in [4.69, 9.17) is 38.3 Å². The topological polar surface area (TPSA) is 104 Å². The minimum atomic E-state index is -0.408. The van der Waals surface area contributed by atoms with Gasteiger partial charge in [0, 0.05) is 54.3 Å². The molecule has 2 aliphatic rings. The zero-order valence-electron chi connectivity index (χ0n) is 22.9. The summed E-state index contributed by atoms with van der Waals surface area (Å²) in [6.07, 6.45) is 7.45. The molecule has 3 aromatic rings. The maximum Gasteiger partial charge on any atom is 0.289 e. The number of aliphatic imine (C=N–C) groups is 1. The first-order valence-electron chi connectivity index (χ1n) is 14.1. The third-order valence-electron chi connectivity index (χ3n) is 7.79. The number of halogens is 2. The number of anilines is 1. The molecule has 2 amide bonds. The Kier molecular flexibility index (Phi) is 9.52. The lowest BCUT2D eigenvalue weighted by Gasteiger charge is -2.37. The van der Waals surface area contributed by atoms with Gasteiger partial charge >= 0.3 is 0 Å². The fraction of sp³-hybridized carbons (Fsp3) is 0.387. The predicted octanol–water partition coefficient (Wildman–Crippen LogP) is 6.15. The number of carbonyl (C=O) groups is 2. The van der Waals surface area contributed by atoms with Crippen molar-refractivity contribution in [2.75, 3.05) is 31.5 Å². The zero-order chi connectivity index (χ0) is 28.8. The summed E-state index contributed by atoms with van der Waals surface area (Å²) < 4.78 is 5.31. The van der Waals surface area contributed by atoms with E-state index in [9.17, 15) is 9.59 Å². The molecular weight excluding hydrogens is 561 g/mol. The molecule has 1 aliphatic heterocycles. The van der Waals surface area contributed by atoms with Gasteiger partial charge in [0.1, 0.15) is 0 Å². The maximum atomic E-state index is 12.8. The van der Waals surface area contributed by atoms with E-state index in [1.807, 2.05) is 35.2 Å². The highest BCUT2D eigenvalue weighted by atomic mass is 35.5. The molecule has 5 rings (SSSR count). The Labute approximate surface area is 250 Å². The number of carbonyl (C=O) groups excluding carboxylic acids is 2. The fourth-order valence-electron chi connectivity index (χ4n) is 5.57. The Balaban J connectivity index is 1.33. The average Bonchev–Trinajstić information content (AvgIpc) is 3.52. The van der Waals surface area contributed by atoms with E-state index in [0.29, 0.717) is 42.0 Å². The van der Waals surface area contributed by atoms with E-state index in [1.165, 1.54) is 25.5 Å². The van der Waals surface area contributed by atoms with Crippen molar-refractivity contribution in [3.05, 3.63) is 87.8 Å². The molecule has 0 radical (unpaired) electrons. The standard InChI is InChI=1S/C31H35Cl2N5O3/c32-22-10-13-25(27(33)19-22)26(20-29(34)39)21-8-11-24(12-9-21)36-31(35-23-5-2-1-3-6-23)38-16-14-37(15-17-38)30(40)28-7-4-18-41-28/h4,7-13,18-19,23,26H,1-3,5-6,14-17,20H2,(H2,34,39)(H,35,36). The molecule has 216 valence electrons. The molecule has 8 nitrogen and oxygen atoms in total. The highest BCUT2D eigenvalue weighted by molar-refractivity contribution is 6.35. The molecule has 2 heterocycles. The molecule has 1 aliphatic carbocycles. The molecule has 3 N–H and O–H groups in total. The van der Waals surface area contributed by atoms with Crippen LogP contribution in [0.5, 0.6) is 0 Å². The van der Waals surface area contributed by atoms with E-state index in [2.05, 4.69) is 10.2 Å². The van der Waals surface area contributed by atoms with Gasteiger partial charge in [0.2, 0.25) is 5.91 Å². The summed E-state index contributed by atoms with van der Waals surface area (Å²) in [5.41, 5.74) is 8.21. The van der Waals surface area contributed by atoms with Crippen LogP contribution < -0.4 is 11.1 Å². The Bertz CT molecular complexity index is 1360. The molecule has 1 saturated heterocycles. The number of piperazine rings is 1. The zero-order valence-corrected chi connectivity index (χ0v) is 24.4. The number of rotatable bonds is 7. The van der Waals surface area contributed by atoms with E-state index in [-0.39, 0.29) is 24.3 Å². The number of hydrogen-bond donors (Lipinski definition) is 2. The van der Waals surface area contributed by atoms with Crippen molar-refractivity contribution < 1.29 is 14.0 Å². The minimum Gasteiger partial charge on any atom is -0.459 e. The number of nitrogens with two attached hydrogens (primary N) is 1. The molecule has 1 saturated carbocycles. The molecule has 1 aromatic heterocycles. The second-order valence-corrected chi connectivity index (χ2v) is 11.5. The lowest BCUT2D eigenvalue weighted by atomic mass is 9.88. The summed E-state index contributed by atoms with van der Waals surface area (Å²) in [5, 5.41) is 4.58. The summed E-state index contributed by atoms with van der Waals surface area (Å²) in [5.74, 6) is 0.401. The second kappa shape index (κ2) is 13.4. The van der Waals surface area contributed by atoms with E-state index in [0.717, 1.165) is 35.6 Å². The van der Waals surface area contributed by atoms with Crippen molar-refractivity contribution in [1.29, 1.82) is 0 Å². The van der Waals surface area contributed by atoms with E-state index < -0.39 is 5.91 Å². The second-order valence-electron chi connectivity index (χ2n) is 10.6. The number of amides is 2. The quantitative estimate of drug-likeness (QED) is 0.252. The molecule has 2 aromatic carbocycles. The Morgan fingerprint density at radius 1 is 0.976 bits per heavy atom. The molecule has 1 atom stereocenters. The highest BCUT2D eigenvalue weighted by Crippen LogP contribution is 2.35. The van der Waals surface area contributed by atoms with Crippen LogP contribution in [-0.2, 0) is 4.79 Å². The molecular formula is C31H35Cl2N5O3. The SMILES string of the molecule is NC(=O)CC(c1ccc(NC(=NC2CCCCC2)N2CCN(C(=O)c3ccco3)CC2)cc1)c1ccc(Cl)cc1Cl. The predicted molar refractivity (Wildman–Crippen MR) is 163 cm³/mol. The van der Waals surface area contributed by atoms with Crippen molar-refractivity contribution in [2.24, 2.45) is 10.7 Å². The van der Waals surface area contributed by atoms with Crippen LogP contribution in [-0.4, -0.2) is 59.8 Å². The molecule has 41 heavy (non-hydrogen) atoms. The number of guanidine groups is 1. The van der Waals surface area contributed by atoms with Crippen LogP contribution in [0.15, 0.2) is 70.3 Å². The Morgan fingerprint density at radius 3 is 2.32 bits per heavy atom. The number of furan rings is 1. The lowest BCUT2D eigenvalue weighted by molar-refractivity contribution is -0.118. The molecule has 0 spiro atoms. The van der Waals surface area contributed by atoms with Gasteiger partial charge in [-0.1, -0.05) is 60.7 Å². The van der Waals surface area contributed by atoms with Gasteiger partial charge in [-0.3, -0.25) is 9.59 Å². The molecule has 2 fully saturated rings. The molecule has 1 unspecified atom stereocenters. The first-order chi connectivity index (χ1) is 19.9. The van der Waals surface area contributed by atoms with Crippen molar-refractivity contribution in [2.45, 2.75) is 50.5 Å². The largest absolute Gasteiger partial charge is 0.459 e. The van der Waals surface area contributed by atoms with Gasteiger partial charge < -0.3 is 25.3 Å². The van der Waals surface area contributed by atoms with Crippen LogP contribution in [0.2, 0.25) is 10.0 Å². The summed E-state index contributed by atoms with van der Waals surface area (Å²) in [7, 11) is 0. The minimum absolute atomic E-state index is 0.0877. The Morgan fingerprint density at radius 2 is 1.68 bits per heavy atom. The third kappa shape index (κ3) is 7.43. The van der Waals surface area contributed by atoms with E-state index in [1.54, 1.807) is 24.3 Å². The lowest BCUT2D eigenvalue weighted by Crippen LogP contribution is -2.52. The van der Waals surface area contributed by atoms with Crippen LogP contribution in [0.4, 0.5) is 5.69 Å².